The number of rotatable bonds is 0. The van der Waals surface area contributed by atoms with Crippen molar-refractivity contribution in [2.24, 2.45) is 0 Å². The minimum Gasteiger partial charge on any atom is -0.0807 e. The van der Waals surface area contributed by atoms with E-state index < -0.39 is 0 Å². The maximum Gasteiger partial charge on any atom is -0.0163 e. The predicted molar refractivity (Wildman–Crippen MR) is 59.4 cm³/mol. The van der Waals surface area contributed by atoms with Crippen molar-refractivity contribution in [3.8, 4) is 0 Å². The van der Waals surface area contributed by atoms with Gasteiger partial charge in [0.1, 0.15) is 0 Å². The van der Waals surface area contributed by atoms with Crippen molar-refractivity contribution in [2.45, 2.75) is 40.5 Å². The Hall–Kier alpha value is -0.780. The van der Waals surface area contributed by atoms with Gasteiger partial charge in [0.05, 0.1) is 0 Å². The molecule has 70 valence electrons. The summed E-state index contributed by atoms with van der Waals surface area (Å²) in [6.45, 7) is 8.25. The maximum absolute atomic E-state index is 2.12. The second-order valence-corrected chi connectivity index (χ2v) is 2.18. The van der Waals surface area contributed by atoms with Gasteiger partial charge in [-0.25, -0.2) is 0 Å². The molecule has 0 aromatic rings. The van der Waals surface area contributed by atoms with Crippen LogP contribution in [0.25, 0.3) is 0 Å². The van der Waals surface area contributed by atoms with E-state index in [-0.39, 0.29) is 0 Å². The molecule has 0 aromatic heterocycles. The molecule has 0 radical (unpaired) electrons. The summed E-state index contributed by atoms with van der Waals surface area (Å²) in [6, 6.07) is 0. The predicted octanol–water partition coefficient (Wildman–Crippen LogP) is 4.50. The average Bonchev–Trinajstić information content (AvgIpc) is 2.40. The number of allylic oxidation sites excluding steroid dienone is 6. The van der Waals surface area contributed by atoms with Crippen molar-refractivity contribution < 1.29 is 0 Å². The van der Waals surface area contributed by atoms with E-state index in [1.54, 1.807) is 0 Å². The Bertz CT molecular complexity index is 113. The number of hydrogen-bond donors (Lipinski definition) is 0. The molecule has 0 heteroatoms. The summed E-state index contributed by atoms with van der Waals surface area (Å²) in [5.41, 5.74) is 0. The fraction of sp³-hybridized carbons (Fsp3) is 0.500. The van der Waals surface area contributed by atoms with Crippen molar-refractivity contribution in [2.75, 3.05) is 0 Å². The van der Waals surface area contributed by atoms with Crippen LogP contribution in [-0.4, -0.2) is 0 Å². The van der Waals surface area contributed by atoms with Crippen molar-refractivity contribution >= 4 is 0 Å². The lowest BCUT2D eigenvalue weighted by Crippen LogP contribution is -1.48. The zero-order valence-corrected chi connectivity index (χ0v) is 8.88. The van der Waals surface area contributed by atoms with Gasteiger partial charge in [0.2, 0.25) is 0 Å². The first kappa shape index (κ1) is 13.8. The van der Waals surface area contributed by atoms with E-state index in [4.69, 9.17) is 0 Å². The topological polar surface area (TPSA) is 0 Å². The molecule has 1 rings (SSSR count). The van der Waals surface area contributed by atoms with Crippen LogP contribution in [0.3, 0.4) is 0 Å². The quantitative estimate of drug-likeness (QED) is 0.497. The molecule has 0 heterocycles. The first-order valence-electron chi connectivity index (χ1n) is 4.90. The highest BCUT2D eigenvalue weighted by atomic mass is 13.8. The van der Waals surface area contributed by atoms with Crippen LogP contribution in [0.5, 0.6) is 0 Å². The Kier molecular flexibility index (Phi) is 19.1. The Labute approximate surface area is 77.7 Å². The van der Waals surface area contributed by atoms with Gasteiger partial charge in [0.25, 0.3) is 0 Å². The van der Waals surface area contributed by atoms with Crippen LogP contribution < -0.4 is 0 Å². The van der Waals surface area contributed by atoms with E-state index in [1.807, 2.05) is 26.0 Å². The van der Waals surface area contributed by atoms with Gasteiger partial charge < -0.3 is 0 Å². The lowest BCUT2D eigenvalue weighted by atomic mass is 10.4. The molecule has 0 nitrogen and oxygen atoms in total. The van der Waals surface area contributed by atoms with Crippen LogP contribution in [-0.2, 0) is 0 Å². The average molecular weight is 166 g/mol. The maximum atomic E-state index is 2.12. The van der Waals surface area contributed by atoms with Gasteiger partial charge in [-0.1, -0.05) is 70.6 Å². The third-order valence-corrected chi connectivity index (χ3v) is 0.878. The Morgan fingerprint density at radius 3 is 1.50 bits per heavy atom. The molecule has 0 saturated heterocycles. The van der Waals surface area contributed by atoms with E-state index in [0.29, 0.717) is 0 Å². The van der Waals surface area contributed by atoms with Crippen molar-refractivity contribution in [1.82, 2.24) is 0 Å². The van der Waals surface area contributed by atoms with Crippen molar-refractivity contribution in [3.63, 3.8) is 0 Å². The molecule has 0 bridgehead atoms. The molecule has 0 fully saturated rings. The molecule has 0 N–H and O–H groups in total. The molecule has 0 aromatic carbocycles. The monoisotopic (exact) mass is 166 g/mol. The van der Waals surface area contributed by atoms with Crippen molar-refractivity contribution in [3.05, 3.63) is 36.5 Å². The normalized spacial score (nSPS) is 12.0. The summed E-state index contributed by atoms with van der Waals surface area (Å²) < 4.78 is 0. The van der Waals surface area contributed by atoms with Crippen molar-refractivity contribution in [1.29, 1.82) is 0 Å². The summed E-state index contributed by atoms with van der Waals surface area (Å²) in [7, 11) is 0. The molecule has 0 aliphatic heterocycles. The van der Waals surface area contributed by atoms with Crippen LogP contribution in [0.1, 0.15) is 40.5 Å². The number of hydrogen-bond acceptors (Lipinski definition) is 0. The summed E-state index contributed by atoms with van der Waals surface area (Å²) in [5.74, 6) is 0. The minimum atomic E-state index is 1.08. The van der Waals surface area contributed by atoms with Gasteiger partial charge in [0.15, 0.2) is 0 Å². The standard InChI is InChI=1S/C7H8.C3H8.C2H6/c1-2-4-6-7-5-3-1;1-3-2;1-2/h1-6H,7H2;3H2,1-2H3;1-2H3. The van der Waals surface area contributed by atoms with E-state index in [1.165, 1.54) is 6.42 Å². The van der Waals surface area contributed by atoms with Crippen LogP contribution in [0.4, 0.5) is 0 Å². The smallest absolute Gasteiger partial charge is 0.0163 e. The van der Waals surface area contributed by atoms with E-state index in [9.17, 15) is 0 Å². The molecule has 1 aliphatic carbocycles. The second kappa shape index (κ2) is 16.7. The lowest BCUT2D eigenvalue weighted by Gasteiger charge is -1.69. The minimum absolute atomic E-state index is 1.08. The zero-order chi connectivity index (χ0) is 9.66. The van der Waals surface area contributed by atoms with Crippen LogP contribution in [0.2, 0.25) is 0 Å². The summed E-state index contributed by atoms with van der Waals surface area (Å²) in [6.07, 6.45) is 14.8. The Morgan fingerprint density at radius 2 is 1.17 bits per heavy atom. The van der Waals surface area contributed by atoms with Gasteiger partial charge in [0, 0.05) is 0 Å². The molecule has 0 atom stereocenters. The summed E-state index contributed by atoms with van der Waals surface area (Å²) >= 11 is 0. The largest absolute Gasteiger partial charge is 0.0807 e. The molecular formula is C12H22. The highest BCUT2D eigenvalue weighted by Crippen LogP contribution is 1.91. The first-order chi connectivity index (χ1) is 5.91. The van der Waals surface area contributed by atoms with Gasteiger partial charge in [-0.05, 0) is 6.42 Å². The lowest BCUT2D eigenvalue weighted by molar-refractivity contribution is 1.09. The summed E-state index contributed by atoms with van der Waals surface area (Å²) in [5, 5.41) is 0. The molecular weight excluding hydrogens is 144 g/mol. The van der Waals surface area contributed by atoms with E-state index >= 15 is 0 Å². The van der Waals surface area contributed by atoms with E-state index in [2.05, 4.69) is 38.2 Å². The molecule has 1 aliphatic rings. The van der Waals surface area contributed by atoms with Gasteiger partial charge >= 0.3 is 0 Å². The van der Waals surface area contributed by atoms with Crippen LogP contribution in [0.15, 0.2) is 36.5 Å². The van der Waals surface area contributed by atoms with Crippen LogP contribution >= 0.6 is 0 Å². The highest BCUT2D eigenvalue weighted by Gasteiger charge is 1.70. The van der Waals surface area contributed by atoms with Gasteiger partial charge in [-0.3, -0.25) is 0 Å². The molecule has 0 spiro atoms. The Balaban J connectivity index is 0. The fourth-order valence-corrected chi connectivity index (χ4v) is 0.521. The molecule has 0 saturated carbocycles. The molecule has 0 amide bonds. The third kappa shape index (κ3) is 16.1. The molecule has 0 unspecified atom stereocenters. The zero-order valence-electron chi connectivity index (χ0n) is 8.88. The second-order valence-electron chi connectivity index (χ2n) is 2.18. The molecule has 12 heavy (non-hydrogen) atoms. The third-order valence-electron chi connectivity index (χ3n) is 0.878. The highest BCUT2D eigenvalue weighted by molar-refractivity contribution is 5.16. The summed E-state index contributed by atoms with van der Waals surface area (Å²) in [4.78, 5) is 0. The first-order valence-corrected chi connectivity index (χ1v) is 4.90. The fourth-order valence-electron chi connectivity index (χ4n) is 0.521. The SMILES string of the molecule is C1=CC=CCC=C1.CC.CCC. The van der Waals surface area contributed by atoms with Crippen LogP contribution in [0, 0.1) is 0 Å². The van der Waals surface area contributed by atoms with Gasteiger partial charge in [-0.15, -0.1) is 0 Å². The van der Waals surface area contributed by atoms with Gasteiger partial charge in [-0.2, -0.15) is 0 Å². The van der Waals surface area contributed by atoms with E-state index in [0.717, 1.165) is 6.42 Å². The Morgan fingerprint density at radius 1 is 0.833 bits per heavy atom.